The average molecular weight is 351 g/mol. The molecule has 0 heterocycles. The van der Waals surface area contributed by atoms with Gasteiger partial charge in [0.1, 0.15) is 10.7 Å². The van der Waals surface area contributed by atoms with Crippen LogP contribution < -0.4 is 15.8 Å². The van der Waals surface area contributed by atoms with E-state index in [1.165, 1.54) is 0 Å². The van der Waals surface area contributed by atoms with Gasteiger partial charge in [0.15, 0.2) is 0 Å². The Hall–Kier alpha value is -1.59. The number of hydrogen-bond acceptors (Lipinski definition) is 3. The van der Waals surface area contributed by atoms with E-state index in [1.54, 1.807) is 7.11 Å². The topological polar surface area (TPSA) is 47.3 Å². The normalized spacial score (nSPS) is 10.2. The van der Waals surface area contributed by atoms with Gasteiger partial charge in [-0.05, 0) is 48.9 Å². The lowest BCUT2D eigenvalue weighted by Crippen LogP contribution is -2.12. The molecule has 2 aromatic carbocycles. The molecule has 104 valence electrons. The molecule has 0 aliphatic rings. The van der Waals surface area contributed by atoms with Crippen molar-refractivity contribution in [3.63, 3.8) is 0 Å². The number of ether oxygens (including phenoxy) is 1. The summed E-state index contributed by atoms with van der Waals surface area (Å²) in [5.74, 6) is 0.862. The number of benzene rings is 2. The van der Waals surface area contributed by atoms with Gasteiger partial charge in [-0.25, -0.2) is 0 Å². The van der Waals surface area contributed by atoms with Crippen LogP contribution in [0.15, 0.2) is 40.9 Å². The Bertz CT molecular complexity index is 658. The molecule has 0 aromatic heterocycles. The number of methoxy groups -OCH3 is 1. The number of anilines is 2. The van der Waals surface area contributed by atoms with Gasteiger partial charge in [0.2, 0.25) is 0 Å². The number of aryl methyl sites for hydroxylation is 1. The number of hydrogen-bond donors (Lipinski definition) is 2. The third kappa shape index (κ3) is 3.29. The van der Waals surface area contributed by atoms with Crippen LogP contribution in [0, 0.1) is 6.92 Å². The fourth-order valence-electron chi connectivity index (χ4n) is 1.94. The molecule has 2 rings (SSSR count). The van der Waals surface area contributed by atoms with Crippen molar-refractivity contribution in [3.05, 3.63) is 52.0 Å². The van der Waals surface area contributed by atoms with Gasteiger partial charge in [-0.15, -0.1) is 0 Å². The minimum Gasteiger partial charge on any atom is -0.496 e. The van der Waals surface area contributed by atoms with Gasteiger partial charge in [0.05, 0.1) is 7.11 Å². The number of thiocarbonyl (C=S) groups is 1. The second-order valence-electron chi connectivity index (χ2n) is 4.36. The first-order valence-electron chi connectivity index (χ1n) is 6.02. The molecule has 3 nitrogen and oxygen atoms in total. The van der Waals surface area contributed by atoms with Gasteiger partial charge in [0, 0.05) is 21.4 Å². The van der Waals surface area contributed by atoms with Crippen LogP contribution in [0.4, 0.5) is 11.4 Å². The Balaban J connectivity index is 2.35. The van der Waals surface area contributed by atoms with Crippen LogP contribution >= 0.6 is 28.1 Å². The van der Waals surface area contributed by atoms with Crippen molar-refractivity contribution < 1.29 is 4.74 Å². The Morgan fingerprint density at radius 1 is 1.25 bits per heavy atom. The zero-order valence-corrected chi connectivity index (χ0v) is 13.6. The molecule has 0 saturated carbocycles. The maximum atomic E-state index is 5.76. The van der Waals surface area contributed by atoms with E-state index >= 15 is 0 Å². The predicted molar refractivity (Wildman–Crippen MR) is 91.0 cm³/mol. The fraction of sp³-hybridized carbons (Fsp3) is 0.133. The van der Waals surface area contributed by atoms with E-state index in [0.29, 0.717) is 4.99 Å². The largest absolute Gasteiger partial charge is 0.496 e. The monoisotopic (exact) mass is 350 g/mol. The maximum absolute atomic E-state index is 5.76. The number of rotatable bonds is 4. The first-order chi connectivity index (χ1) is 9.51. The van der Waals surface area contributed by atoms with Crippen molar-refractivity contribution in [2.75, 3.05) is 12.4 Å². The van der Waals surface area contributed by atoms with E-state index in [-0.39, 0.29) is 0 Å². The quantitative estimate of drug-likeness (QED) is 0.813. The summed E-state index contributed by atoms with van der Waals surface area (Å²) in [5, 5.41) is 3.33. The molecule has 5 heteroatoms. The van der Waals surface area contributed by atoms with Crippen molar-refractivity contribution in [1.29, 1.82) is 0 Å². The summed E-state index contributed by atoms with van der Waals surface area (Å²) < 4.78 is 6.19. The summed E-state index contributed by atoms with van der Waals surface area (Å²) in [7, 11) is 1.66. The second kappa shape index (κ2) is 6.24. The van der Waals surface area contributed by atoms with Crippen LogP contribution in [-0.2, 0) is 0 Å². The van der Waals surface area contributed by atoms with E-state index in [9.17, 15) is 0 Å². The molecule has 0 fully saturated rings. The molecule has 0 amide bonds. The fourth-order valence-corrected chi connectivity index (χ4v) is 2.47. The van der Waals surface area contributed by atoms with Crippen LogP contribution in [-0.4, -0.2) is 12.1 Å². The highest BCUT2D eigenvalue weighted by atomic mass is 79.9. The smallest absolute Gasteiger partial charge is 0.121 e. The van der Waals surface area contributed by atoms with E-state index < -0.39 is 0 Å². The first-order valence-corrected chi connectivity index (χ1v) is 7.22. The molecule has 0 radical (unpaired) electrons. The molecule has 0 bridgehead atoms. The van der Waals surface area contributed by atoms with E-state index in [0.717, 1.165) is 32.7 Å². The molecule has 0 unspecified atom stereocenters. The van der Waals surface area contributed by atoms with E-state index in [4.69, 9.17) is 22.7 Å². The van der Waals surface area contributed by atoms with Crippen LogP contribution in [0.3, 0.4) is 0 Å². The zero-order chi connectivity index (χ0) is 14.7. The molecule has 0 saturated heterocycles. The van der Waals surface area contributed by atoms with Crippen LogP contribution in [0.5, 0.6) is 5.75 Å². The van der Waals surface area contributed by atoms with Gasteiger partial charge in [0.25, 0.3) is 0 Å². The molecule has 0 atom stereocenters. The molecule has 0 spiro atoms. The van der Waals surface area contributed by atoms with Crippen LogP contribution in [0.2, 0.25) is 0 Å². The van der Waals surface area contributed by atoms with E-state index in [1.807, 2.05) is 43.3 Å². The van der Waals surface area contributed by atoms with Gasteiger partial charge >= 0.3 is 0 Å². The summed E-state index contributed by atoms with van der Waals surface area (Å²) >= 11 is 8.51. The number of nitrogens with one attached hydrogen (secondary N) is 1. The average Bonchev–Trinajstić information content (AvgIpc) is 2.41. The molecule has 20 heavy (non-hydrogen) atoms. The highest BCUT2D eigenvalue weighted by Crippen LogP contribution is 2.27. The van der Waals surface area contributed by atoms with Crippen molar-refractivity contribution in [1.82, 2.24) is 0 Å². The molecule has 0 aliphatic heterocycles. The predicted octanol–water partition coefficient (Wildman–Crippen LogP) is 4.14. The van der Waals surface area contributed by atoms with Gasteiger partial charge in [-0.3, -0.25) is 0 Å². The SMILES string of the molecule is COc1ccc(Nc2ccc(Br)cc2C(N)=S)cc1C. The first kappa shape index (κ1) is 14.8. The van der Waals surface area contributed by atoms with Crippen molar-refractivity contribution in [2.24, 2.45) is 5.73 Å². The molecule has 3 N–H and O–H groups in total. The Morgan fingerprint density at radius 3 is 2.60 bits per heavy atom. The number of nitrogens with two attached hydrogens (primary N) is 1. The highest BCUT2D eigenvalue weighted by molar-refractivity contribution is 9.10. The lowest BCUT2D eigenvalue weighted by atomic mass is 10.1. The summed E-state index contributed by atoms with van der Waals surface area (Å²) in [6.07, 6.45) is 0. The van der Waals surface area contributed by atoms with Crippen LogP contribution in [0.1, 0.15) is 11.1 Å². The lowest BCUT2D eigenvalue weighted by Gasteiger charge is -2.13. The summed E-state index contributed by atoms with van der Waals surface area (Å²) in [5.41, 5.74) is 9.47. The third-order valence-corrected chi connectivity index (χ3v) is 3.63. The lowest BCUT2D eigenvalue weighted by molar-refractivity contribution is 0.412. The second-order valence-corrected chi connectivity index (χ2v) is 5.72. The Morgan fingerprint density at radius 2 is 2.00 bits per heavy atom. The van der Waals surface area contributed by atoms with Crippen molar-refractivity contribution in [3.8, 4) is 5.75 Å². The maximum Gasteiger partial charge on any atom is 0.121 e. The van der Waals surface area contributed by atoms with Crippen molar-refractivity contribution >= 4 is 44.5 Å². The van der Waals surface area contributed by atoms with Crippen LogP contribution in [0.25, 0.3) is 0 Å². The molecular formula is C15H15BrN2OS. The van der Waals surface area contributed by atoms with Gasteiger partial charge < -0.3 is 15.8 Å². The summed E-state index contributed by atoms with van der Waals surface area (Å²) in [4.78, 5) is 0.360. The minimum atomic E-state index is 0.360. The summed E-state index contributed by atoms with van der Waals surface area (Å²) in [6.45, 7) is 2.00. The Labute approximate surface area is 132 Å². The number of halogens is 1. The zero-order valence-electron chi connectivity index (χ0n) is 11.2. The van der Waals surface area contributed by atoms with Gasteiger partial charge in [-0.2, -0.15) is 0 Å². The minimum absolute atomic E-state index is 0.360. The molecular weight excluding hydrogens is 336 g/mol. The van der Waals surface area contributed by atoms with E-state index in [2.05, 4.69) is 21.2 Å². The molecule has 2 aromatic rings. The molecule has 0 aliphatic carbocycles. The van der Waals surface area contributed by atoms with Crippen molar-refractivity contribution in [2.45, 2.75) is 6.92 Å². The third-order valence-electron chi connectivity index (χ3n) is 2.92. The highest BCUT2D eigenvalue weighted by Gasteiger charge is 2.07. The van der Waals surface area contributed by atoms with Gasteiger partial charge in [-0.1, -0.05) is 28.1 Å². The Kier molecular flexibility index (Phi) is 4.62. The standard InChI is InChI=1S/C15H15BrN2OS/c1-9-7-11(4-6-14(9)19-2)18-13-5-3-10(16)8-12(13)15(17)20/h3-8,18H,1-2H3,(H2,17,20). The summed E-state index contributed by atoms with van der Waals surface area (Å²) in [6, 6.07) is 11.7.